The molecule has 9 heteroatoms. The second-order valence-corrected chi connectivity index (χ2v) is 7.59. The molecule has 2 aromatic rings. The van der Waals surface area contributed by atoms with Gasteiger partial charge in [0.05, 0.1) is 6.42 Å². The van der Waals surface area contributed by atoms with E-state index in [0.717, 1.165) is 33.4 Å². The third kappa shape index (κ3) is 5.72. The van der Waals surface area contributed by atoms with Crippen LogP contribution in [0.2, 0.25) is 0 Å². The van der Waals surface area contributed by atoms with Crippen LogP contribution in [0.5, 0.6) is 0 Å². The van der Waals surface area contributed by atoms with Gasteiger partial charge in [-0.3, -0.25) is 9.59 Å². The van der Waals surface area contributed by atoms with Crippen molar-refractivity contribution in [3.63, 3.8) is 0 Å². The summed E-state index contributed by atoms with van der Waals surface area (Å²) in [6.07, 6.45) is 0.562. The summed E-state index contributed by atoms with van der Waals surface area (Å²) in [5.74, 6) is -5.49. The zero-order valence-electron chi connectivity index (χ0n) is 16.0. The van der Waals surface area contributed by atoms with Gasteiger partial charge in [0.1, 0.15) is 5.69 Å². The lowest BCUT2D eigenvalue weighted by Crippen LogP contribution is -2.48. The maximum absolute atomic E-state index is 14.2. The van der Waals surface area contributed by atoms with E-state index in [-0.39, 0.29) is 24.0 Å². The number of benzene rings is 1. The predicted molar refractivity (Wildman–Crippen MR) is 105 cm³/mol. The molecule has 1 atom stereocenters. The van der Waals surface area contributed by atoms with Crippen LogP contribution in [-0.4, -0.2) is 29.4 Å². The molecule has 4 N–H and O–H groups in total. The fraction of sp³-hybridized carbons (Fsp3) is 0.421. The van der Waals surface area contributed by atoms with Crippen LogP contribution in [0, 0.1) is 13.8 Å². The third-order valence-corrected chi connectivity index (χ3v) is 4.82. The first-order chi connectivity index (χ1) is 13.1. The van der Waals surface area contributed by atoms with Crippen molar-refractivity contribution < 1.29 is 18.4 Å². The molecule has 0 saturated heterocycles. The van der Waals surface area contributed by atoms with Crippen LogP contribution in [0.25, 0.3) is 0 Å². The normalized spacial score (nSPS) is 12.5. The summed E-state index contributed by atoms with van der Waals surface area (Å²) in [6.45, 7) is 5.70. The highest BCUT2D eigenvalue weighted by atomic mass is 32.1. The Kier molecular flexibility index (Phi) is 7.06. The maximum atomic E-state index is 14.2. The lowest BCUT2D eigenvalue weighted by Gasteiger charge is -2.21. The number of alkyl halides is 2. The highest BCUT2D eigenvalue weighted by Crippen LogP contribution is 2.30. The summed E-state index contributed by atoms with van der Waals surface area (Å²) in [5, 5.41) is 5.98. The number of rotatable bonds is 8. The first kappa shape index (κ1) is 21.7. The van der Waals surface area contributed by atoms with Crippen LogP contribution >= 0.6 is 11.3 Å². The summed E-state index contributed by atoms with van der Waals surface area (Å²) in [4.78, 5) is 27.7. The van der Waals surface area contributed by atoms with E-state index in [1.165, 1.54) is 0 Å². The van der Waals surface area contributed by atoms with Gasteiger partial charge in [0.2, 0.25) is 5.91 Å². The van der Waals surface area contributed by atoms with E-state index in [1.807, 2.05) is 32.0 Å². The number of amides is 2. The summed E-state index contributed by atoms with van der Waals surface area (Å²) in [6, 6.07) is 5.23. The van der Waals surface area contributed by atoms with Crippen molar-refractivity contribution in [3.8, 4) is 0 Å². The van der Waals surface area contributed by atoms with Gasteiger partial charge in [0.15, 0.2) is 5.13 Å². The second kappa shape index (κ2) is 9.09. The number of hydrogen-bond donors (Lipinski definition) is 3. The van der Waals surface area contributed by atoms with E-state index < -0.39 is 23.6 Å². The van der Waals surface area contributed by atoms with Crippen LogP contribution in [-0.2, 0) is 21.9 Å². The van der Waals surface area contributed by atoms with Gasteiger partial charge in [-0.05, 0) is 25.8 Å². The lowest BCUT2D eigenvalue weighted by molar-refractivity contribution is -0.148. The molecule has 0 aliphatic carbocycles. The molecule has 0 saturated carbocycles. The number of nitrogens with two attached hydrogens (primary N) is 1. The highest BCUT2D eigenvalue weighted by Gasteiger charge is 2.43. The Bertz CT molecular complexity index is 834. The van der Waals surface area contributed by atoms with Gasteiger partial charge >= 0.3 is 5.92 Å². The molecule has 0 aliphatic heterocycles. The minimum Gasteiger partial charge on any atom is -0.375 e. The molecule has 6 nitrogen and oxygen atoms in total. The molecule has 1 heterocycles. The van der Waals surface area contributed by atoms with Crippen molar-refractivity contribution in [1.82, 2.24) is 15.6 Å². The first-order valence-corrected chi connectivity index (χ1v) is 9.74. The van der Waals surface area contributed by atoms with Gasteiger partial charge in [0, 0.05) is 18.0 Å². The Hall–Kier alpha value is -2.55. The number of nitrogens with one attached hydrogen (secondary N) is 2. The topological polar surface area (TPSA) is 97.1 Å². The Morgan fingerprint density at radius 1 is 1.25 bits per heavy atom. The van der Waals surface area contributed by atoms with Gasteiger partial charge in [0.25, 0.3) is 5.91 Å². The molecule has 28 heavy (non-hydrogen) atoms. The molecule has 0 fully saturated rings. The number of anilines is 1. The van der Waals surface area contributed by atoms with E-state index in [1.54, 1.807) is 6.92 Å². The largest absolute Gasteiger partial charge is 0.375 e. The number of carbonyl (C=O) groups excluding carboxylic acids is 2. The van der Waals surface area contributed by atoms with Crippen molar-refractivity contribution in [1.29, 1.82) is 0 Å². The second-order valence-electron chi connectivity index (χ2n) is 6.70. The van der Waals surface area contributed by atoms with Gasteiger partial charge in [-0.1, -0.05) is 36.2 Å². The van der Waals surface area contributed by atoms with Gasteiger partial charge in [-0.25, -0.2) is 4.98 Å². The number of halogens is 2. The Morgan fingerprint density at radius 2 is 1.89 bits per heavy atom. The third-order valence-electron chi connectivity index (χ3n) is 4.15. The number of carbonyl (C=O) groups is 2. The maximum Gasteiger partial charge on any atom is 0.366 e. The van der Waals surface area contributed by atoms with E-state index in [2.05, 4.69) is 15.6 Å². The molecule has 0 radical (unpaired) electrons. The number of nitrogen functional groups attached to an aromatic ring is 1. The molecule has 1 aromatic heterocycles. The smallest absolute Gasteiger partial charge is 0.366 e. The Morgan fingerprint density at radius 3 is 2.43 bits per heavy atom. The van der Waals surface area contributed by atoms with Crippen molar-refractivity contribution in [3.05, 3.63) is 46.0 Å². The standard InChI is InChI=1S/C19H24F2N4O2S/c1-4-14(24-17(27)19(20,21)15-10-28-18(22)25-15)9-23-16(26)8-13-6-11(2)5-12(3)7-13/h5-7,10,14H,4,8-9H2,1-3H3,(H2,22,25)(H,23,26)(H,24,27). The Balaban J connectivity index is 1.91. The van der Waals surface area contributed by atoms with E-state index in [9.17, 15) is 18.4 Å². The van der Waals surface area contributed by atoms with E-state index in [0.29, 0.717) is 6.42 Å². The lowest BCUT2D eigenvalue weighted by atomic mass is 10.0. The number of thiazole rings is 1. The fourth-order valence-electron chi connectivity index (χ4n) is 2.78. The number of nitrogens with zero attached hydrogens (tertiary/aromatic N) is 1. The zero-order valence-corrected chi connectivity index (χ0v) is 16.8. The van der Waals surface area contributed by atoms with E-state index >= 15 is 0 Å². The van der Waals surface area contributed by atoms with Crippen LogP contribution in [0.3, 0.4) is 0 Å². The number of aromatic nitrogens is 1. The molecule has 1 aromatic carbocycles. The van der Waals surface area contributed by atoms with Gasteiger partial charge < -0.3 is 16.4 Å². The van der Waals surface area contributed by atoms with Gasteiger partial charge in [-0.15, -0.1) is 11.3 Å². The Labute approximate surface area is 166 Å². The van der Waals surface area contributed by atoms with Crippen LogP contribution in [0.15, 0.2) is 23.6 Å². The highest BCUT2D eigenvalue weighted by molar-refractivity contribution is 7.13. The molecule has 2 rings (SSSR count). The van der Waals surface area contributed by atoms with Crippen molar-refractivity contribution in [2.75, 3.05) is 12.3 Å². The average Bonchev–Trinajstić information content (AvgIpc) is 3.04. The summed E-state index contributed by atoms with van der Waals surface area (Å²) < 4.78 is 28.4. The number of aryl methyl sites for hydroxylation is 2. The zero-order chi connectivity index (χ0) is 20.9. The minimum atomic E-state index is -3.79. The minimum absolute atomic E-state index is 0.0341. The molecular formula is C19H24F2N4O2S. The summed E-state index contributed by atoms with van der Waals surface area (Å²) in [5.41, 5.74) is 7.68. The molecule has 2 amide bonds. The van der Waals surface area contributed by atoms with Gasteiger partial charge in [-0.2, -0.15) is 8.78 Å². The van der Waals surface area contributed by atoms with Crippen LogP contribution in [0.1, 0.15) is 35.7 Å². The summed E-state index contributed by atoms with van der Waals surface area (Å²) in [7, 11) is 0. The fourth-order valence-corrected chi connectivity index (χ4v) is 3.36. The molecule has 152 valence electrons. The van der Waals surface area contributed by atoms with Crippen molar-refractivity contribution in [2.24, 2.45) is 0 Å². The first-order valence-electron chi connectivity index (χ1n) is 8.86. The molecule has 0 spiro atoms. The SMILES string of the molecule is CCC(CNC(=O)Cc1cc(C)cc(C)c1)NC(=O)C(F)(F)c1csc(N)n1. The van der Waals surface area contributed by atoms with Crippen molar-refractivity contribution in [2.45, 2.75) is 45.6 Å². The number of hydrogen-bond acceptors (Lipinski definition) is 5. The molecular weight excluding hydrogens is 386 g/mol. The van der Waals surface area contributed by atoms with Crippen molar-refractivity contribution >= 4 is 28.3 Å². The molecule has 0 bridgehead atoms. The molecule has 0 aliphatic rings. The van der Waals surface area contributed by atoms with E-state index in [4.69, 9.17) is 5.73 Å². The quantitative estimate of drug-likeness (QED) is 0.623. The molecule has 1 unspecified atom stereocenters. The average molecular weight is 410 g/mol. The summed E-state index contributed by atoms with van der Waals surface area (Å²) >= 11 is 0.840. The predicted octanol–water partition coefficient (Wildman–Crippen LogP) is 2.69. The monoisotopic (exact) mass is 410 g/mol. The van der Waals surface area contributed by atoms with Crippen LogP contribution in [0.4, 0.5) is 13.9 Å². The van der Waals surface area contributed by atoms with Crippen LogP contribution < -0.4 is 16.4 Å².